The van der Waals surface area contributed by atoms with Crippen molar-refractivity contribution in [2.75, 3.05) is 0 Å². The van der Waals surface area contributed by atoms with Gasteiger partial charge in [-0.25, -0.2) is 0 Å². The highest BCUT2D eigenvalue weighted by molar-refractivity contribution is 6.48. The first-order valence-electron chi connectivity index (χ1n) is 3.06. The van der Waals surface area contributed by atoms with Crippen LogP contribution in [0.1, 0.15) is 19.8 Å². The highest BCUT2D eigenvalue weighted by atomic mass is 28.4. The minimum Gasteiger partial charge on any atom is -0.487 e. The summed E-state index contributed by atoms with van der Waals surface area (Å²) in [6.07, 6.45) is 4.47. The third kappa shape index (κ3) is 7.64. The van der Waals surface area contributed by atoms with E-state index < -0.39 is 9.05 Å². The van der Waals surface area contributed by atoms with Crippen LogP contribution in [0.25, 0.3) is 0 Å². The van der Waals surface area contributed by atoms with E-state index in [9.17, 15) is 0 Å². The highest BCUT2D eigenvalue weighted by Gasteiger charge is 2.31. The molecular weight excluding hydrogens is 152 g/mol. The molecule has 0 fully saturated rings. The highest BCUT2D eigenvalue weighted by Crippen LogP contribution is 1.93. The molecule has 0 saturated carbocycles. The maximum Gasteiger partial charge on any atom is 0.740 e. The van der Waals surface area contributed by atoms with Crippen molar-refractivity contribution in [2.45, 2.75) is 19.8 Å². The minimum atomic E-state index is -4.29. The molecule has 0 aromatic heterocycles. The lowest BCUT2D eigenvalue weighted by molar-refractivity contribution is 0.106. The van der Waals surface area contributed by atoms with Gasteiger partial charge in [0.15, 0.2) is 0 Å². The van der Waals surface area contributed by atoms with Crippen molar-refractivity contribution in [3.05, 3.63) is 12.3 Å². The zero-order chi connectivity index (χ0) is 8.04. The molecule has 0 saturated heterocycles. The van der Waals surface area contributed by atoms with E-state index in [1.165, 1.54) is 0 Å². The van der Waals surface area contributed by atoms with Gasteiger partial charge in [0.1, 0.15) is 0 Å². The molecule has 0 rings (SSSR count). The number of hydrogen-bond donors (Lipinski definition) is 3. The van der Waals surface area contributed by atoms with Crippen LogP contribution in [0.5, 0.6) is 0 Å². The quantitative estimate of drug-likeness (QED) is 0.395. The number of allylic oxidation sites excluding steroid dienone is 1. The van der Waals surface area contributed by atoms with E-state index in [4.69, 9.17) is 14.4 Å². The molecule has 0 aromatic rings. The van der Waals surface area contributed by atoms with Gasteiger partial charge in [0.25, 0.3) is 0 Å². The average molecular weight is 164 g/mol. The molecule has 0 radical (unpaired) electrons. The van der Waals surface area contributed by atoms with E-state index in [-0.39, 0.29) is 0 Å². The summed E-state index contributed by atoms with van der Waals surface area (Å²) in [5.74, 6) is 0. The summed E-state index contributed by atoms with van der Waals surface area (Å²) in [6, 6.07) is 0. The molecule has 3 N–H and O–H groups in total. The van der Waals surface area contributed by atoms with E-state index in [1.54, 1.807) is 6.08 Å². The fraction of sp³-hybridized carbons (Fsp3) is 0.600. The molecule has 10 heavy (non-hydrogen) atoms. The summed E-state index contributed by atoms with van der Waals surface area (Å²) in [5, 5.41) is 0. The zero-order valence-electron chi connectivity index (χ0n) is 5.82. The van der Waals surface area contributed by atoms with Crippen LogP contribution in [-0.2, 0) is 4.43 Å². The largest absolute Gasteiger partial charge is 0.740 e. The standard InChI is InChI=1S/C5H12O4Si/c1-2-3-4-5-9-10(6,7)8/h4-8H,2-3H2,1H3. The molecule has 0 aliphatic carbocycles. The number of unbranched alkanes of at least 4 members (excludes halogenated alkanes) is 1. The van der Waals surface area contributed by atoms with E-state index in [0.29, 0.717) is 0 Å². The minimum absolute atomic E-state index is 0.796. The van der Waals surface area contributed by atoms with Gasteiger partial charge in [-0.3, -0.25) is 0 Å². The van der Waals surface area contributed by atoms with Gasteiger partial charge in [0.2, 0.25) is 0 Å². The molecule has 4 nitrogen and oxygen atoms in total. The fourth-order valence-electron chi connectivity index (χ4n) is 0.374. The molecule has 60 valence electrons. The Hall–Kier alpha value is -0.363. The normalized spacial score (nSPS) is 12.4. The topological polar surface area (TPSA) is 69.9 Å². The summed E-state index contributed by atoms with van der Waals surface area (Å²) in [4.78, 5) is 24.9. The second-order valence-corrected chi connectivity index (χ2v) is 3.24. The Balaban J connectivity index is 3.34. The third-order valence-electron chi connectivity index (χ3n) is 0.778. The summed E-state index contributed by atoms with van der Waals surface area (Å²) in [7, 11) is -4.29. The summed E-state index contributed by atoms with van der Waals surface area (Å²) >= 11 is 0. The first kappa shape index (κ1) is 9.64. The van der Waals surface area contributed by atoms with Crippen LogP contribution < -0.4 is 0 Å². The molecular formula is C5H12O4Si. The summed E-state index contributed by atoms with van der Waals surface area (Å²) < 4.78 is 4.16. The van der Waals surface area contributed by atoms with Crippen LogP contribution in [0.15, 0.2) is 12.3 Å². The van der Waals surface area contributed by atoms with E-state index >= 15 is 0 Å². The average Bonchev–Trinajstić information content (AvgIpc) is 1.78. The SMILES string of the molecule is CCCC=CO[Si](O)(O)O. The molecule has 0 bridgehead atoms. The Bertz CT molecular complexity index is 107. The Morgan fingerprint density at radius 3 is 2.40 bits per heavy atom. The number of hydrogen-bond acceptors (Lipinski definition) is 4. The predicted octanol–water partition coefficient (Wildman–Crippen LogP) is -0.271. The van der Waals surface area contributed by atoms with Crippen molar-refractivity contribution >= 4 is 9.05 Å². The van der Waals surface area contributed by atoms with Gasteiger partial charge < -0.3 is 18.8 Å². The van der Waals surface area contributed by atoms with Crippen molar-refractivity contribution in [3.63, 3.8) is 0 Å². The molecule has 0 spiro atoms. The molecule has 0 aliphatic heterocycles. The second-order valence-electron chi connectivity index (χ2n) is 1.85. The molecule has 0 atom stereocenters. The van der Waals surface area contributed by atoms with Gasteiger partial charge in [-0.15, -0.1) is 0 Å². The number of rotatable bonds is 4. The van der Waals surface area contributed by atoms with Crippen LogP contribution in [-0.4, -0.2) is 23.4 Å². The van der Waals surface area contributed by atoms with E-state index in [0.717, 1.165) is 19.1 Å². The lowest BCUT2D eigenvalue weighted by Crippen LogP contribution is -2.36. The monoisotopic (exact) mass is 164 g/mol. The lowest BCUT2D eigenvalue weighted by atomic mass is 10.3. The zero-order valence-corrected chi connectivity index (χ0v) is 6.82. The van der Waals surface area contributed by atoms with E-state index in [1.807, 2.05) is 6.92 Å². The Labute approximate surface area is 60.9 Å². The van der Waals surface area contributed by atoms with Crippen LogP contribution in [0.2, 0.25) is 0 Å². The van der Waals surface area contributed by atoms with Gasteiger partial charge in [0.05, 0.1) is 6.26 Å². The van der Waals surface area contributed by atoms with Gasteiger partial charge in [-0.05, 0) is 6.42 Å². The maximum absolute atomic E-state index is 8.29. The Morgan fingerprint density at radius 2 is 2.00 bits per heavy atom. The van der Waals surface area contributed by atoms with Crippen LogP contribution in [0, 0.1) is 0 Å². The van der Waals surface area contributed by atoms with Crippen LogP contribution >= 0.6 is 0 Å². The first-order chi connectivity index (χ1) is 4.56. The van der Waals surface area contributed by atoms with Crippen molar-refractivity contribution in [3.8, 4) is 0 Å². The van der Waals surface area contributed by atoms with Crippen LogP contribution in [0.4, 0.5) is 0 Å². The van der Waals surface area contributed by atoms with Crippen molar-refractivity contribution in [1.29, 1.82) is 0 Å². The molecule has 0 heterocycles. The van der Waals surface area contributed by atoms with Crippen molar-refractivity contribution in [2.24, 2.45) is 0 Å². The second kappa shape index (κ2) is 4.45. The maximum atomic E-state index is 8.29. The van der Waals surface area contributed by atoms with Crippen molar-refractivity contribution in [1.82, 2.24) is 0 Å². The van der Waals surface area contributed by atoms with Crippen molar-refractivity contribution < 1.29 is 18.8 Å². The molecule has 0 aromatic carbocycles. The summed E-state index contributed by atoms with van der Waals surface area (Å²) in [5.41, 5.74) is 0. The smallest absolute Gasteiger partial charge is 0.487 e. The Morgan fingerprint density at radius 1 is 1.40 bits per heavy atom. The predicted molar refractivity (Wildman–Crippen MR) is 37.5 cm³/mol. The Kier molecular flexibility index (Phi) is 4.29. The lowest BCUT2D eigenvalue weighted by Gasteiger charge is -2.05. The van der Waals surface area contributed by atoms with Gasteiger partial charge >= 0.3 is 9.05 Å². The molecule has 0 aliphatic rings. The van der Waals surface area contributed by atoms with Gasteiger partial charge in [-0.1, -0.05) is 19.4 Å². The summed E-state index contributed by atoms with van der Waals surface area (Å²) in [6.45, 7) is 1.98. The first-order valence-corrected chi connectivity index (χ1v) is 4.81. The molecule has 5 heteroatoms. The van der Waals surface area contributed by atoms with E-state index in [2.05, 4.69) is 4.43 Å². The fourth-order valence-corrected chi connectivity index (χ4v) is 0.653. The molecule has 0 unspecified atom stereocenters. The van der Waals surface area contributed by atoms with Gasteiger partial charge in [-0.2, -0.15) is 0 Å². The third-order valence-corrected chi connectivity index (χ3v) is 1.23. The molecule has 0 amide bonds. The van der Waals surface area contributed by atoms with Gasteiger partial charge in [0, 0.05) is 0 Å². The van der Waals surface area contributed by atoms with Crippen LogP contribution in [0.3, 0.4) is 0 Å².